The van der Waals surface area contributed by atoms with Gasteiger partial charge in [-0.05, 0) is 26.2 Å². The molecule has 1 unspecified atom stereocenters. The summed E-state index contributed by atoms with van der Waals surface area (Å²) in [6.07, 6.45) is 42.8. The van der Waals surface area contributed by atoms with Crippen molar-refractivity contribution in [1.82, 2.24) is 9.80 Å². The van der Waals surface area contributed by atoms with Gasteiger partial charge in [0, 0.05) is 25.5 Å². The van der Waals surface area contributed by atoms with E-state index in [9.17, 15) is 0 Å². The van der Waals surface area contributed by atoms with Crippen LogP contribution in [0.4, 0.5) is 0 Å². The van der Waals surface area contributed by atoms with Gasteiger partial charge in [0.1, 0.15) is 6.17 Å². The second kappa shape index (κ2) is 26.0. The molecule has 2 heteroatoms. The second-order valence-electron chi connectivity index (χ2n) is 11.8. The summed E-state index contributed by atoms with van der Waals surface area (Å²) in [5.41, 5.74) is 0. The van der Waals surface area contributed by atoms with Crippen molar-refractivity contribution in [2.75, 3.05) is 13.1 Å². The molecule has 0 saturated heterocycles. The molecule has 0 radical (unpaired) electrons. The van der Waals surface area contributed by atoms with Crippen LogP contribution in [0.5, 0.6) is 0 Å². The van der Waals surface area contributed by atoms with Gasteiger partial charge in [-0.2, -0.15) is 0 Å². The van der Waals surface area contributed by atoms with Gasteiger partial charge in [0.15, 0.2) is 0 Å². The minimum Gasteiger partial charge on any atom is -0.356 e. The molecule has 0 aromatic heterocycles. The Morgan fingerprint density at radius 3 is 1.11 bits per heavy atom. The van der Waals surface area contributed by atoms with Crippen LogP contribution in [0.2, 0.25) is 0 Å². The van der Waals surface area contributed by atoms with Gasteiger partial charge in [0.05, 0.1) is 0 Å². The van der Waals surface area contributed by atoms with Gasteiger partial charge in [0.2, 0.25) is 0 Å². The maximum atomic E-state index is 2.65. The van der Waals surface area contributed by atoms with Crippen molar-refractivity contribution in [3.8, 4) is 0 Å². The molecule has 1 rings (SSSR count). The van der Waals surface area contributed by atoms with Gasteiger partial charge in [-0.1, -0.05) is 162 Å². The quantitative estimate of drug-likeness (QED) is 0.0977. The van der Waals surface area contributed by atoms with E-state index in [1.54, 1.807) is 0 Å². The SMILES string of the molecule is CCCCCCCCCCCCCCCCCCN1C=CN(CC)C1CCCCCCCCCCC. The third-order valence-electron chi connectivity index (χ3n) is 8.42. The molecule has 0 bridgehead atoms. The van der Waals surface area contributed by atoms with E-state index in [0.29, 0.717) is 6.17 Å². The molecule has 2 nitrogen and oxygen atoms in total. The van der Waals surface area contributed by atoms with Crippen LogP contribution in [-0.4, -0.2) is 29.1 Å². The van der Waals surface area contributed by atoms with Crippen LogP contribution in [0.15, 0.2) is 12.4 Å². The molecule has 1 aliphatic heterocycles. The third-order valence-corrected chi connectivity index (χ3v) is 8.42. The summed E-state index contributed by atoms with van der Waals surface area (Å²) < 4.78 is 0. The largest absolute Gasteiger partial charge is 0.356 e. The van der Waals surface area contributed by atoms with Crippen molar-refractivity contribution >= 4 is 0 Å². The van der Waals surface area contributed by atoms with E-state index in [2.05, 4.69) is 43.0 Å². The Hall–Kier alpha value is -0.660. The summed E-state index contributed by atoms with van der Waals surface area (Å²) in [5, 5.41) is 0. The normalized spacial score (nSPS) is 15.5. The predicted octanol–water partition coefficient (Wildman–Crippen LogP) is 11.6. The monoisotopic (exact) mass is 505 g/mol. The van der Waals surface area contributed by atoms with E-state index in [-0.39, 0.29) is 0 Å². The summed E-state index contributed by atoms with van der Waals surface area (Å²) >= 11 is 0. The summed E-state index contributed by atoms with van der Waals surface area (Å²) in [4.78, 5) is 5.22. The zero-order valence-electron chi connectivity index (χ0n) is 25.4. The number of hydrogen-bond acceptors (Lipinski definition) is 2. The van der Waals surface area contributed by atoms with Gasteiger partial charge in [0.25, 0.3) is 0 Å². The molecule has 1 atom stereocenters. The Morgan fingerprint density at radius 2 is 0.722 bits per heavy atom. The van der Waals surface area contributed by atoms with Crippen molar-refractivity contribution in [2.24, 2.45) is 0 Å². The topological polar surface area (TPSA) is 6.48 Å². The fraction of sp³-hybridized carbons (Fsp3) is 0.941. The predicted molar refractivity (Wildman–Crippen MR) is 163 cm³/mol. The molecule has 1 aliphatic rings. The molecule has 1 heterocycles. The molecule has 0 aliphatic carbocycles. The minimum absolute atomic E-state index is 0.635. The highest BCUT2D eigenvalue weighted by Gasteiger charge is 2.23. The average molecular weight is 505 g/mol. The van der Waals surface area contributed by atoms with Gasteiger partial charge in [-0.25, -0.2) is 0 Å². The molecule has 0 aromatic carbocycles. The van der Waals surface area contributed by atoms with Crippen LogP contribution in [0.1, 0.15) is 188 Å². The standard InChI is InChI=1S/C34H68N2/c1-4-7-9-11-13-15-16-17-18-19-20-21-23-25-27-29-31-36-33-32-35(6-3)34(36)30-28-26-24-22-14-12-10-8-5-2/h32-34H,4-31H2,1-3H3. The highest BCUT2D eigenvalue weighted by atomic mass is 15.4. The number of rotatable bonds is 28. The fourth-order valence-corrected chi connectivity index (χ4v) is 5.91. The molecule has 0 amide bonds. The third kappa shape index (κ3) is 18.6. The van der Waals surface area contributed by atoms with Crippen molar-refractivity contribution in [3.63, 3.8) is 0 Å². The lowest BCUT2D eigenvalue weighted by molar-refractivity contribution is 0.142. The summed E-state index contributed by atoms with van der Waals surface area (Å²) in [5.74, 6) is 0. The van der Waals surface area contributed by atoms with Crippen molar-refractivity contribution in [1.29, 1.82) is 0 Å². The Bertz CT molecular complexity index is 460. The Balaban J connectivity index is 1.93. The van der Waals surface area contributed by atoms with E-state index in [0.717, 1.165) is 6.54 Å². The molecule has 0 spiro atoms. The zero-order valence-corrected chi connectivity index (χ0v) is 25.4. The first kappa shape index (κ1) is 33.4. The number of nitrogens with zero attached hydrogens (tertiary/aromatic N) is 2. The maximum absolute atomic E-state index is 2.65. The zero-order chi connectivity index (χ0) is 25.9. The van der Waals surface area contributed by atoms with Crippen LogP contribution in [0.25, 0.3) is 0 Å². The lowest BCUT2D eigenvalue weighted by Crippen LogP contribution is -2.38. The summed E-state index contributed by atoms with van der Waals surface area (Å²) in [7, 11) is 0. The van der Waals surface area contributed by atoms with Crippen LogP contribution < -0.4 is 0 Å². The number of unbranched alkanes of at least 4 members (excludes halogenated alkanes) is 23. The summed E-state index contributed by atoms with van der Waals surface area (Å²) in [6.45, 7) is 9.33. The molecule has 0 saturated carbocycles. The molecule has 36 heavy (non-hydrogen) atoms. The molecular weight excluding hydrogens is 436 g/mol. The van der Waals surface area contributed by atoms with Gasteiger partial charge >= 0.3 is 0 Å². The highest BCUT2D eigenvalue weighted by molar-refractivity contribution is 4.96. The molecule has 0 aromatic rings. The first-order valence-electron chi connectivity index (χ1n) is 17.0. The molecule has 0 fully saturated rings. The van der Waals surface area contributed by atoms with E-state index < -0.39 is 0 Å². The van der Waals surface area contributed by atoms with Crippen LogP contribution in [-0.2, 0) is 0 Å². The van der Waals surface area contributed by atoms with Gasteiger partial charge in [-0.3, -0.25) is 0 Å². The first-order chi connectivity index (χ1) is 17.8. The number of hydrogen-bond donors (Lipinski definition) is 0. The lowest BCUT2D eigenvalue weighted by atomic mass is 10.0. The van der Waals surface area contributed by atoms with E-state index in [4.69, 9.17) is 0 Å². The highest BCUT2D eigenvalue weighted by Crippen LogP contribution is 2.23. The van der Waals surface area contributed by atoms with Crippen LogP contribution in [0.3, 0.4) is 0 Å². The second-order valence-corrected chi connectivity index (χ2v) is 11.8. The Labute approximate surface area is 229 Å². The maximum Gasteiger partial charge on any atom is 0.101 e. The Kier molecular flexibility index (Phi) is 24.1. The summed E-state index contributed by atoms with van der Waals surface area (Å²) in [6, 6.07) is 0. The lowest BCUT2D eigenvalue weighted by Gasteiger charge is -2.32. The van der Waals surface area contributed by atoms with Gasteiger partial charge < -0.3 is 9.80 Å². The van der Waals surface area contributed by atoms with Crippen molar-refractivity contribution in [3.05, 3.63) is 12.4 Å². The first-order valence-corrected chi connectivity index (χ1v) is 17.0. The minimum atomic E-state index is 0.635. The molecular formula is C34H68N2. The van der Waals surface area contributed by atoms with Crippen LogP contribution >= 0.6 is 0 Å². The molecule has 0 N–H and O–H groups in total. The Morgan fingerprint density at radius 1 is 0.389 bits per heavy atom. The van der Waals surface area contributed by atoms with E-state index >= 15 is 0 Å². The average Bonchev–Trinajstić information content (AvgIpc) is 3.29. The van der Waals surface area contributed by atoms with E-state index in [1.165, 1.54) is 173 Å². The fourth-order valence-electron chi connectivity index (χ4n) is 5.91. The van der Waals surface area contributed by atoms with Crippen LogP contribution in [0, 0.1) is 0 Å². The molecule has 214 valence electrons. The van der Waals surface area contributed by atoms with Crippen molar-refractivity contribution in [2.45, 2.75) is 194 Å². The van der Waals surface area contributed by atoms with Gasteiger partial charge in [-0.15, -0.1) is 0 Å². The van der Waals surface area contributed by atoms with E-state index in [1.807, 2.05) is 0 Å². The smallest absolute Gasteiger partial charge is 0.101 e. The van der Waals surface area contributed by atoms with Crippen molar-refractivity contribution < 1.29 is 0 Å².